The lowest BCUT2D eigenvalue weighted by Gasteiger charge is -2.32. The fraction of sp³-hybridized carbons (Fsp3) is 0.310. The largest absolute Gasteiger partial charge is 0.355 e. The zero-order valence-corrected chi connectivity index (χ0v) is 24.3. The van der Waals surface area contributed by atoms with Crippen molar-refractivity contribution in [3.05, 3.63) is 100 Å². The Morgan fingerprint density at radius 1 is 0.949 bits per heavy atom. The molecule has 10 heteroatoms. The molecular weight excluding hydrogens is 557 g/mol. The summed E-state index contributed by atoms with van der Waals surface area (Å²) in [4.78, 5) is 28.5. The van der Waals surface area contributed by atoms with E-state index in [4.69, 9.17) is 23.2 Å². The monoisotopic (exact) mass is 589 g/mol. The minimum Gasteiger partial charge on any atom is -0.355 e. The van der Waals surface area contributed by atoms with Crippen LogP contribution >= 0.6 is 23.2 Å². The van der Waals surface area contributed by atoms with Crippen LogP contribution in [0.1, 0.15) is 30.9 Å². The second-order valence-electron chi connectivity index (χ2n) is 9.13. The Kier molecular flexibility index (Phi) is 11.2. The summed E-state index contributed by atoms with van der Waals surface area (Å²) in [7, 11) is -3.62. The summed E-state index contributed by atoms with van der Waals surface area (Å²) in [6.07, 6.45) is 1.71. The maximum atomic E-state index is 13.7. The lowest BCUT2D eigenvalue weighted by molar-refractivity contribution is -0.141. The molecule has 0 saturated carbocycles. The highest BCUT2D eigenvalue weighted by molar-refractivity contribution is 7.92. The molecule has 0 unspecified atom stereocenters. The number of carbonyl (C=O) groups is 2. The van der Waals surface area contributed by atoms with Crippen molar-refractivity contribution in [2.24, 2.45) is 0 Å². The van der Waals surface area contributed by atoms with E-state index >= 15 is 0 Å². The summed E-state index contributed by atoms with van der Waals surface area (Å²) in [5.41, 5.74) is 2.05. The van der Waals surface area contributed by atoms with Crippen molar-refractivity contribution in [2.75, 3.05) is 23.7 Å². The Morgan fingerprint density at radius 3 is 2.28 bits per heavy atom. The maximum absolute atomic E-state index is 13.7. The van der Waals surface area contributed by atoms with Crippen LogP contribution in [0, 0.1) is 0 Å². The summed E-state index contributed by atoms with van der Waals surface area (Å²) >= 11 is 12.5. The van der Waals surface area contributed by atoms with E-state index in [1.165, 1.54) is 4.31 Å². The first-order valence-corrected chi connectivity index (χ1v) is 15.3. The third-order valence-electron chi connectivity index (χ3n) is 6.17. The number of nitrogens with zero attached hydrogens (tertiary/aromatic N) is 2. The number of halogens is 2. The van der Waals surface area contributed by atoms with Crippen LogP contribution in [0.3, 0.4) is 0 Å². The van der Waals surface area contributed by atoms with Gasteiger partial charge in [-0.25, -0.2) is 8.42 Å². The second kappa shape index (κ2) is 14.4. The number of hydrogen-bond acceptors (Lipinski definition) is 4. The van der Waals surface area contributed by atoms with Crippen molar-refractivity contribution in [3.63, 3.8) is 0 Å². The molecule has 3 aromatic rings. The smallest absolute Gasteiger partial charge is 0.243 e. The van der Waals surface area contributed by atoms with Gasteiger partial charge >= 0.3 is 0 Å². The number of likely N-dealkylation sites (N-methyl/N-ethyl adjacent to an activating group) is 1. The molecular formula is C29H33Cl2N3O4S. The minimum atomic E-state index is -3.62. The lowest BCUT2D eigenvalue weighted by atomic mass is 10.0. The van der Waals surface area contributed by atoms with Gasteiger partial charge in [0, 0.05) is 42.5 Å². The summed E-state index contributed by atoms with van der Waals surface area (Å²) < 4.78 is 26.3. The molecule has 1 atom stereocenters. The van der Waals surface area contributed by atoms with Gasteiger partial charge in [-0.1, -0.05) is 77.8 Å². The maximum Gasteiger partial charge on any atom is 0.243 e. The Labute approximate surface area is 240 Å². The molecule has 208 valence electrons. The Hall–Kier alpha value is -3.07. The van der Waals surface area contributed by atoms with Gasteiger partial charge < -0.3 is 10.2 Å². The van der Waals surface area contributed by atoms with Crippen LogP contribution in [-0.4, -0.2) is 50.5 Å². The molecule has 1 N–H and O–H groups in total. The van der Waals surface area contributed by atoms with Crippen LogP contribution < -0.4 is 9.62 Å². The molecule has 0 aliphatic heterocycles. The predicted octanol–water partition coefficient (Wildman–Crippen LogP) is 5.32. The number of anilines is 1. The van der Waals surface area contributed by atoms with Crippen molar-refractivity contribution in [3.8, 4) is 0 Å². The van der Waals surface area contributed by atoms with Gasteiger partial charge in [0.15, 0.2) is 0 Å². The van der Waals surface area contributed by atoms with Gasteiger partial charge in [-0.15, -0.1) is 0 Å². The SMILES string of the molecule is CCNC(=O)[C@H](Cc1ccccc1)N(Cc1ccccc1Cl)C(=O)CCCN(c1cccc(Cl)c1)S(C)(=O)=O. The zero-order chi connectivity index (χ0) is 28.4. The Balaban J connectivity index is 1.87. The molecule has 0 fully saturated rings. The predicted molar refractivity (Wildman–Crippen MR) is 157 cm³/mol. The first kappa shape index (κ1) is 30.5. The molecule has 3 aromatic carbocycles. The van der Waals surface area contributed by atoms with Gasteiger partial charge in [0.05, 0.1) is 11.9 Å². The van der Waals surface area contributed by atoms with Crippen LogP contribution in [0.25, 0.3) is 0 Å². The number of nitrogens with one attached hydrogen (secondary N) is 1. The zero-order valence-electron chi connectivity index (χ0n) is 22.0. The molecule has 7 nitrogen and oxygen atoms in total. The van der Waals surface area contributed by atoms with Crippen molar-refractivity contribution in [1.82, 2.24) is 10.2 Å². The molecule has 39 heavy (non-hydrogen) atoms. The van der Waals surface area contributed by atoms with Crippen LogP contribution in [0.2, 0.25) is 10.0 Å². The van der Waals surface area contributed by atoms with Gasteiger partial charge in [-0.2, -0.15) is 0 Å². The van der Waals surface area contributed by atoms with Gasteiger partial charge in [-0.05, 0) is 48.7 Å². The third kappa shape index (κ3) is 8.98. The standard InChI is InChI=1S/C29H33Cl2N3O4S/c1-3-32-29(36)27(19-22-11-5-4-6-12-22)33(21-23-13-7-8-16-26(23)31)28(35)17-10-18-34(39(2,37)38)25-15-9-14-24(30)20-25/h4-9,11-16,20,27H,3,10,17-19,21H2,1-2H3,(H,32,36)/t27-/m0/s1. The third-order valence-corrected chi connectivity index (χ3v) is 7.97. The van der Waals surface area contributed by atoms with E-state index < -0.39 is 16.1 Å². The number of hydrogen-bond donors (Lipinski definition) is 1. The van der Waals surface area contributed by atoms with E-state index in [-0.39, 0.29) is 37.7 Å². The van der Waals surface area contributed by atoms with Gasteiger partial charge in [0.1, 0.15) is 6.04 Å². The van der Waals surface area contributed by atoms with Gasteiger partial charge in [0.25, 0.3) is 0 Å². The van der Waals surface area contributed by atoms with Crippen molar-refractivity contribution >= 4 is 50.7 Å². The summed E-state index contributed by atoms with van der Waals surface area (Å²) in [6, 6.07) is 22.5. The first-order valence-electron chi connectivity index (χ1n) is 12.7. The number of sulfonamides is 1. The van der Waals surface area contributed by atoms with Crippen molar-refractivity contribution in [1.29, 1.82) is 0 Å². The molecule has 0 bridgehead atoms. The molecule has 0 radical (unpaired) electrons. The fourth-order valence-corrected chi connectivity index (χ4v) is 5.63. The lowest BCUT2D eigenvalue weighted by Crippen LogP contribution is -2.50. The number of carbonyl (C=O) groups excluding carboxylic acids is 2. The van der Waals surface area contributed by atoms with E-state index in [1.54, 1.807) is 41.3 Å². The van der Waals surface area contributed by atoms with Gasteiger partial charge in [0.2, 0.25) is 21.8 Å². The summed E-state index contributed by atoms with van der Waals surface area (Å²) in [5, 5.41) is 3.76. The highest BCUT2D eigenvalue weighted by Crippen LogP contribution is 2.24. The summed E-state index contributed by atoms with van der Waals surface area (Å²) in [6.45, 7) is 2.46. The Morgan fingerprint density at radius 2 is 1.64 bits per heavy atom. The molecule has 3 rings (SSSR count). The quantitative estimate of drug-likeness (QED) is 0.292. The van der Waals surface area contributed by atoms with Crippen molar-refractivity contribution in [2.45, 2.75) is 38.8 Å². The van der Waals surface area contributed by atoms with E-state index in [0.29, 0.717) is 34.3 Å². The van der Waals surface area contributed by atoms with Crippen LogP contribution in [0.15, 0.2) is 78.9 Å². The van der Waals surface area contributed by atoms with Crippen molar-refractivity contribution < 1.29 is 18.0 Å². The molecule has 0 saturated heterocycles. The van der Waals surface area contributed by atoms with Crippen LogP contribution in [0.5, 0.6) is 0 Å². The van der Waals surface area contributed by atoms with Crippen LogP contribution in [-0.2, 0) is 32.6 Å². The number of amides is 2. The molecule has 0 aromatic heterocycles. The Bertz CT molecular complexity index is 1370. The van der Waals surface area contributed by atoms with E-state index in [1.807, 2.05) is 49.4 Å². The topological polar surface area (TPSA) is 86.8 Å². The van der Waals surface area contributed by atoms with Crippen LogP contribution in [0.4, 0.5) is 5.69 Å². The average molecular weight is 591 g/mol. The molecule has 0 aliphatic carbocycles. The van der Waals surface area contributed by atoms with Gasteiger partial charge in [-0.3, -0.25) is 13.9 Å². The summed E-state index contributed by atoms with van der Waals surface area (Å²) in [5.74, 6) is -0.542. The number of rotatable bonds is 13. The minimum absolute atomic E-state index is 0.0295. The first-order chi connectivity index (χ1) is 18.6. The normalized spacial score (nSPS) is 12.0. The van der Waals surface area contributed by atoms with E-state index in [0.717, 1.165) is 11.8 Å². The average Bonchev–Trinajstić information content (AvgIpc) is 2.89. The van der Waals surface area contributed by atoms with E-state index in [9.17, 15) is 18.0 Å². The molecule has 2 amide bonds. The molecule has 0 aliphatic rings. The number of benzene rings is 3. The molecule has 0 heterocycles. The molecule has 0 spiro atoms. The second-order valence-corrected chi connectivity index (χ2v) is 11.9. The fourth-order valence-electron chi connectivity index (χ4n) is 4.29. The van der Waals surface area contributed by atoms with E-state index in [2.05, 4.69) is 5.32 Å². The highest BCUT2D eigenvalue weighted by Gasteiger charge is 2.30. The highest BCUT2D eigenvalue weighted by atomic mass is 35.5.